The van der Waals surface area contributed by atoms with Crippen LogP contribution in [0.15, 0.2) is 28.8 Å². The van der Waals surface area contributed by atoms with E-state index in [9.17, 15) is 9.18 Å². The topological polar surface area (TPSA) is 88.5 Å². The van der Waals surface area contributed by atoms with E-state index in [-0.39, 0.29) is 11.9 Å². The zero-order chi connectivity index (χ0) is 18.0. The molecule has 0 saturated carbocycles. The Balaban J connectivity index is 1.67. The summed E-state index contributed by atoms with van der Waals surface area (Å²) in [5, 5.41) is 3.91. The van der Waals surface area contributed by atoms with E-state index in [1.807, 2.05) is 11.9 Å². The summed E-state index contributed by atoms with van der Waals surface area (Å²) in [6.07, 6.45) is 0.901. The Hall–Kier alpha value is -2.32. The number of primary amides is 1. The first-order chi connectivity index (χ1) is 11.9. The Kier molecular flexibility index (Phi) is 5.10. The van der Waals surface area contributed by atoms with Crippen LogP contribution in [0.4, 0.5) is 4.39 Å². The molecular weight excluding hydrogens is 325 g/mol. The molecular formula is C17H22FN5O2. The molecule has 1 fully saturated rings. The first-order valence-corrected chi connectivity index (χ1v) is 8.22. The van der Waals surface area contributed by atoms with Gasteiger partial charge in [-0.3, -0.25) is 14.6 Å². The predicted molar refractivity (Wildman–Crippen MR) is 88.8 cm³/mol. The van der Waals surface area contributed by atoms with Crippen LogP contribution in [-0.2, 0) is 11.3 Å². The molecule has 2 N–H and O–H groups in total. The van der Waals surface area contributed by atoms with Crippen molar-refractivity contribution in [2.75, 3.05) is 20.1 Å². The molecule has 1 amide bonds. The minimum absolute atomic E-state index is 0.251. The summed E-state index contributed by atoms with van der Waals surface area (Å²) in [4.78, 5) is 20.4. The van der Waals surface area contributed by atoms with Crippen LogP contribution in [0.25, 0.3) is 0 Å². The molecule has 0 unspecified atom stereocenters. The summed E-state index contributed by atoms with van der Waals surface area (Å²) in [6, 6.07) is 5.63. The van der Waals surface area contributed by atoms with Crippen molar-refractivity contribution in [2.24, 2.45) is 5.73 Å². The summed E-state index contributed by atoms with van der Waals surface area (Å²) in [7, 11) is 2.00. The maximum absolute atomic E-state index is 13.1. The summed E-state index contributed by atoms with van der Waals surface area (Å²) in [5.74, 6) is 0.426. The maximum atomic E-state index is 13.1. The molecule has 1 aromatic heterocycles. The molecule has 1 aliphatic heterocycles. The van der Waals surface area contributed by atoms with Crippen molar-refractivity contribution in [3.8, 4) is 0 Å². The van der Waals surface area contributed by atoms with Gasteiger partial charge in [0.05, 0.1) is 6.54 Å². The third kappa shape index (κ3) is 4.02. The average Bonchev–Trinajstić information content (AvgIpc) is 3.19. The Morgan fingerprint density at radius 3 is 2.80 bits per heavy atom. The van der Waals surface area contributed by atoms with Gasteiger partial charge in [-0.15, -0.1) is 0 Å². The van der Waals surface area contributed by atoms with E-state index >= 15 is 0 Å². The van der Waals surface area contributed by atoms with E-state index in [4.69, 9.17) is 10.3 Å². The quantitative estimate of drug-likeness (QED) is 0.846. The number of likely N-dealkylation sites (N-methyl/N-ethyl adjacent to an activating group) is 1. The van der Waals surface area contributed by atoms with Crippen LogP contribution in [0.1, 0.15) is 29.7 Å². The fraction of sp³-hybridized carbons (Fsp3) is 0.471. The number of amides is 1. The molecule has 1 aromatic carbocycles. The minimum atomic E-state index is -0.550. The monoisotopic (exact) mass is 347 g/mol. The molecule has 134 valence electrons. The highest BCUT2D eigenvalue weighted by atomic mass is 19.1. The van der Waals surface area contributed by atoms with Crippen LogP contribution in [-0.4, -0.2) is 52.0 Å². The number of nitrogens with zero attached hydrogens (tertiary/aromatic N) is 4. The molecule has 2 atom stereocenters. The van der Waals surface area contributed by atoms with Gasteiger partial charge < -0.3 is 10.3 Å². The lowest BCUT2D eigenvalue weighted by atomic mass is 10.1. The van der Waals surface area contributed by atoms with Gasteiger partial charge in [-0.05, 0) is 31.2 Å². The number of hydrogen-bond donors (Lipinski definition) is 1. The zero-order valence-corrected chi connectivity index (χ0v) is 14.4. The number of aryl methyl sites for hydroxylation is 1. The van der Waals surface area contributed by atoms with Crippen molar-refractivity contribution in [3.63, 3.8) is 0 Å². The highest BCUT2D eigenvalue weighted by molar-refractivity contribution is 5.81. The van der Waals surface area contributed by atoms with Gasteiger partial charge in [0.1, 0.15) is 11.9 Å². The second-order valence-corrected chi connectivity index (χ2v) is 6.44. The molecule has 8 heteroatoms. The fourth-order valence-electron chi connectivity index (χ4n) is 3.32. The molecule has 0 radical (unpaired) electrons. The predicted octanol–water partition coefficient (Wildman–Crippen LogP) is 1.25. The third-order valence-electron chi connectivity index (χ3n) is 4.60. The van der Waals surface area contributed by atoms with Gasteiger partial charge in [-0.1, -0.05) is 17.3 Å². The van der Waals surface area contributed by atoms with Gasteiger partial charge in [0, 0.05) is 26.1 Å². The summed E-state index contributed by atoms with van der Waals surface area (Å²) >= 11 is 0. The number of benzene rings is 1. The third-order valence-corrected chi connectivity index (χ3v) is 4.60. The Labute approximate surface area is 145 Å². The number of likely N-dealkylation sites (tertiary alicyclic amines) is 1. The number of carbonyl (C=O) groups excluding carboxylic acids is 1. The van der Waals surface area contributed by atoms with Gasteiger partial charge >= 0.3 is 0 Å². The lowest BCUT2D eigenvalue weighted by Gasteiger charge is -2.27. The largest absolute Gasteiger partial charge is 0.368 e. The summed E-state index contributed by atoms with van der Waals surface area (Å²) in [6.45, 7) is 3.77. The number of rotatable bonds is 6. The van der Waals surface area contributed by atoms with E-state index < -0.39 is 11.9 Å². The molecule has 1 aliphatic rings. The lowest BCUT2D eigenvalue weighted by Crippen LogP contribution is -2.39. The normalized spacial score (nSPS) is 19.4. The first kappa shape index (κ1) is 17.5. The van der Waals surface area contributed by atoms with E-state index in [1.54, 1.807) is 19.1 Å². The van der Waals surface area contributed by atoms with Crippen LogP contribution in [0.3, 0.4) is 0 Å². The van der Waals surface area contributed by atoms with Crippen molar-refractivity contribution < 1.29 is 13.7 Å². The van der Waals surface area contributed by atoms with E-state index in [0.717, 1.165) is 13.0 Å². The van der Waals surface area contributed by atoms with Crippen LogP contribution in [0.2, 0.25) is 0 Å². The van der Waals surface area contributed by atoms with Crippen molar-refractivity contribution in [1.29, 1.82) is 0 Å². The smallest absolute Gasteiger partial charge is 0.239 e. The second kappa shape index (κ2) is 7.28. The first-order valence-electron chi connectivity index (χ1n) is 8.22. The van der Waals surface area contributed by atoms with Gasteiger partial charge in [-0.25, -0.2) is 4.39 Å². The average molecular weight is 347 g/mol. The standard InChI is InChI=1S/C17H22FN5O2/c1-11-20-15(21-25-11)10-22(2)14-7-8-23(9-14)16(17(19)24)12-3-5-13(18)6-4-12/h3-6,14,16H,7-10H2,1-2H3,(H2,19,24)/t14-,16-/m1/s1. The summed E-state index contributed by atoms with van der Waals surface area (Å²) < 4.78 is 18.1. The van der Waals surface area contributed by atoms with Crippen LogP contribution in [0, 0.1) is 12.7 Å². The fourth-order valence-corrected chi connectivity index (χ4v) is 3.32. The lowest BCUT2D eigenvalue weighted by molar-refractivity contribution is -0.123. The molecule has 2 aromatic rings. The van der Waals surface area contributed by atoms with Gasteiger partial charge in [0.25, 0.3) is 0 Å². The van der Waals surface area contributed by atoms with Crippen molar-refractivity contribution in [2.45, 2.75) is 32.0 Å². The van der Waals surface area contributed by atoms with Crippen LogP contribution >= 0.6 is 0 Å². The second-order valence-electron chi connectivity index (χ2n) is 6.44. The molecule has 7 nitrogen and oxygen atoms in total. The number of carbonyl (C=O) groups is 1. The number of aromatic nitrogens is 2. The minimum Gasteiger partial charge on any atom is -0.368 e. The number of halogens is 1. The molecule has 2 heterocycles. The van der Waals surface area contributed by atoms with E-state index in [0.29, 0.717) is 30.4 Å². The highest BCUT2D eigenvalue weighted by Crippen LogP contribution is 2.27. The molecule has 1 saturated heterocycles. The van der Waals surface area contributed by atoms with Crippen molar-refractivity contribution >= 4 is 5.91 Å². The Bertz CT molecular complexity index is 733. The molecule has 0 bridgehead atoms. The van der Waals surface area contributed by atoms with Crippen molar-refractivity contribution in [3.05, 3.63) is 47.4 Å². The van der Waals surface area contributed by atoms with Gasteiger partial charge in [0.2, 0.25) is 11.8 Å². The van der Waals surface area contributed by atoms with Crippen molar-refractivity contribution in [1.82, 2.24) is 19.9 Å². The summed E-state index contributed by atoms with van der Waals surface area (Å²) in [5.41, 5.74) is 6.33. The zero-order valence-electron chi connectivity index (χ0n) is 14.4. The SMILES string of the molecule is Cc1nc(CN(C)[C@@H]2CCN([C@@H](C(N)=O)c3ccc(F)cc3)C2)no1. The highest BCUT2D eigenvalue weighted by Gasteiger charge is 2.34. The Morgan fingerprint density at radius 2 is 2.20 bits per heavy atom. The molecule has 0 spiro atoms. The van der Waals surface area contributed by atoms with Crippen LogP contribution in [0.5, 0.6) is 0 Å². The number of nitrogens with two attached hydrogens (primary N) is 1. The van der Waals surface area contributed by atoms with E-state index in [2.05, 4.69) is 15.0 Å². The molecule has 25 heavy (non-hydrogen) atoms. The Morgan fingerprint density at radius 1 is 1.48 bits per heavy atom. The maximum Gasteiger partial charge on any atom is 0.239 e. The van der Waals surface area contributed by atoms with E-state index in [1.165, 1.54) is 12.1 Å². The number of hydrogen-bond acceptors (Lipinski definition) is 6. The molecule has 0 aliphatic carbocycles. The molecule has 3 rings (SSSR count). The van der Waals surface area contributed by atoms with Gasteiger partial charge in [0.15, 0.2) is 5.82 Å². The van der Waals surface area contributed by atoms with Gasteiger partial charge in [-0.2, -0.15) is 4.98 Å². The van der Waals surface area contributed by atoms with Crippen LogP contribution < -0.4 is 5.73 Å².